The maximum atomic E-state index is 12.9. The molecule has 7 heteroatoms. The number of amides is 1. The third-order valence-corrected chi connectivity index (χ3v) is 5.48. The zero-order chi connectivity index (χ0) is 19.4. The van der Waals surface area contributed by atoms with Crippen LogP contribution in [-0.4, -0.2) is 58.3 Å². The number of benzene rings is 2. The topological polar surface area (TPSA) is 51.2 Å². The number of hydrogen-bond acceptors (Lipinski definition) is 5. The van der Waals surface area contributed by atoms with Gasteiger partial charge in [-0.1, -0.05) is 0 Å². The maximum absolute atomic E-state index is 12.9. The van der Waals surface area contributed by atoms with Crippen molar-refractivity contribution in [1.82, 2.24) is 4.90 Å². The summed E-state index contributed by atoms with van der Waals surface area (Å²) in [4.78, 5) is 17.1. The molecule has 0 radical (unpaired) electrons. The second-order valence-corrected chi connectivity index (χ2v) is 6.97. The summed E-state index contributed by atoms with van der Waals surface area (Å²) in [6.07, 6.45) is 0. The molecule has 1 amide bonds. The SMILES string of the molecule is COc1ccc(N2CCN(C(=O)c3cc(OC)c(Br)c(OC)c3)CC2)cc1. The lowest BCUT2D eigenvalue weighted by molar-refractivity contribution is 0.0746. The molecule has 27 heavy (non-hydrogen) atoms. The van der Waals surface area contributed by atoms with Gasteiger partial charge in [-0.2, -0.15) is 0 Å². The molecule has 0 unspecified atom stereocenters. The van der Waals surface area contributed by atoms with E-state index in [1.54, 1.807) is 33.5 Å². The fourth-order valence-electron chi connectivity index (χ4n) is 3.14. The number of carbonyl (C=O) groups excluding carboxylic acids is 1. The summed E-state index contributed by atoms with van der Waals surface area (Å²) < 4.78 is 16.6. The van der Waals surface area contributed by atoms with Crippen molar-refractivity contribution < 1.29 is 19.0 Å². The summed E-state index contributed by atoms with van der Waals surface area (Å²) in [6.45, 7) is 2.88. The average Bonchev–Trinajstić information content (AvgIpc) is 2.73. The molecule has 6 nitrogen and oxygen atoms in total. The monoisotopic (exact) mass is 434 g/mol. The molecule has 1 aliphatic rings. The van der Waals surface area contributed by atoms with Gasteiger partial charge in [-0.25, -0.2) is 0 Å². The van der Waals surface area contributed by atoms with E-state index in [0.29, 0.717) is 34.6 Å². The standard InChI is InChI=1S/C20H23BrN2O4/c1-25-16-6-4-15(5-7-16)22-8-10-23(11-9-22)20(24)14-12-17(26-2)19(21)18(13-14)27-3/h4-7,12-13H,8-11H2,1-3H3. The number of hydrogen-bond donors (Lipinski definition) is 0. The number of anilines is 1. The van der Waals surface area contributed by atoms with Gasteiger partial charge in [0, 0.05) is 37.4 Å². The largest absolute Gasteiger partial charge is 0.497 e. The van der Waals surface area contributed by atoms with Gasteiger partial charge in [-0.3, -0.25) is 4.79 Å². The Morgan fingerprint density at radius 3 is 1.93 bits per heavy atom. The van der Waals surface area contributed by atoms with E-state index in [4.69, 9.17) is 14.2 Å². The van der Waals surface area contributed by atoms with Crippen LogP contribution in [-0.2, 0) is 0 Å². The zero-order valence-corrected chi connectivity index (χ0v) is 17.3. The lowest BCUT2D eigenvalue weighted by atomic mass is 10.1. The minimum Gasteiger partial charge on any atom is -0.497 e. The van der Waals surface area contributed by atoms with Gasteiger partial charge in [-0.15, -0.1) is 0 Å². The molecule has 2 aromatic carbocycles. The zero-order valence-electron chi connectivity index (χ0n) is 15.7. The van der Waals surface area contributed by atoms with Crippen LogP contribution in [0.25, 0.3) is 0 Å². The van der Waals surface area contributed by atoms with Crippen LogP contribution in [0.15, 0.2) is 40.9 Å². The van der Waals surface area contributed by atoms with Gasteiger partial charge in [0.2, 0.25) is 0 Å². The molecule has 0 bridgehead atoms. The van der Waals surface area contributed by atoms with Crippen molar-refractivity contribution in [3.05, 3.63) is 46.4 Å². The molecule has 0 aliphatic carbocycles. The van der Waals surface area contributed by atoms with E-state index < -0.39 is 0 Å². The first-order valence-electron chi connectivity index (χ1n) is 8.67. The number of ether oxygens (including phenoxy) is 3. The molecule has 1 fully saturated rings. The number of carbonyl (C=O) groups is 1. The van der Waals surface area contributed by atoms with Crippen LogP contribution in [0.1, 0.15) is 10.4 Å². The maximum Gasteiger partial charge on any atom is 0.254 e. The molecule has 0 N–H and O–H groups in total. The van der Waals surface area contributed by atoms with E-state index in [-0.39, 0.29) is 5.91 Å². The first-order valence-corrected chi connectivity index (χ1v) is 9.46. The van der Waals surface area contributed by atoms with E-state index in [1.165, 1.54) is 0 Å². The molecule has 1 saturated heterocycles. The highest BCUT2D eigenvalue weighted by atomic mass is 79.9. The number of piperazine rings is 1. The van der Waals surface area contributed by atoms with Gasteiger partial charge < -0.3 is 24.0 Å². The highest BCUT2D eigenvalue weighted by molar-refractivity contribution is 9.10. The quantitative estimate of drug-likeness (QED) is 0.721. The molecule has 3 rings (SSSR count). The Kier molecular flexibility index (Phi) is 6.11. The lowest BCUT2D eigenvalue weighted by Gasteiger charge is -2.36. The van der Waals surface area contributed by atoms with Gasteiger partial charge in [-0.05, 0) is 52.3 Å². The Labute approximate surface area is 167 Å². The van der Waals surface area contributed by atoms with Crippen LogP contribution < -0.4 is 19.1 Å². The van der Waals surface area contributed by atoms with Crippen LogP contribution in [0.5, 0.6) is 17.2 Å². The number of rotatable bonds is 5. The van der Waals surface area contributed by atoms with Crippen molar-refractivity contribution in [2.75, 3.05) is 52.4 Å². The smallest absolute Gasteiger partial charge is 0.254 e. The molecule has 1 aliphatic heterocycles. The minimum atomic E-state index is -0.0199. The number of nitrogens with zero attached hydrogens (tertiary/aromatic N) is 2. The Morgan fingerprint density at radius 2 is 1.44 bits per heavy atom. The van der Waals surface area contributed by atoms with E-state index in [2.05, 4.69) is 20.8 Å². The van der Waals surface area contributed by atoms with Crippen LogP contribution in [0.4, 0.5) is 5.69 Å². The van der Waals surface area contributed by atoms with Crippen molar-refractivity contribution in [2.45, 2.75) is 0 Å². The third-order valence-electron chi connectivity index (χ3n) is 4.70. The first-order chi connectivity index (χ1) is 13.1. The first kappa shape index (κ1) is 19.4. The van der Waals surface area contributed by atoms with E-state index in [9.17, 15) is 4.79 Å². The van der Waals surface area contributed by atoms with Gasteiger partial charge in [0.1, 0.15) is 21.7 Å². The van der Waals surface area contributed by atoms with Gasteiger partial charge in [0.15, 0.2) is 0 Å². The summed E-state index contributed by atoms with van der Waals surface area (Å²) in [5.41, 5.74) is 1.69. The molecule has 0 spiro atoms. The highest BCUT2D eigenvalue weighted by Crippen LogP contribution is 2.36. The van der Waals surface area contributed by atoms with Gasteiger partial charge >= 0.3 is 0 Å². The van der Waals surface area contributed by atoms with Crippen LogP contribution >= 0.6 is 15.9 Å². The molecule has 2 aromatic rings. The lowest BCUT2D eigenvalue weighted by Crippen LogP contribution is -2.48. The van der Waals surface area contributed by atoms with Crippen molar-refractivity contribution >= 4 is 27.5 Å². The molecular formula is C20H23BrN2O4. The van der Waals surface area contributed by atoms with Crippen LogP contribution in [0.2, 0.25) is 0 Å². The van der Waals surface area contributed by atoms with E-state index >= 15 is 0 Å². The summed E-state index contributed by atoms with van der Waals surface area (Å²) >= 11 is 3.43. The van der Waals surface area contributed by atoms with E-state index in [1.807, 2.05) is 29.2 Å². The fourth-order valence-corrected chi connectivity index (χ4v) is 3.69. The fraction of sp³-hybridized carbons (Fsp3) is 0.350. The molecule has 0 saturated carbocycles. The van der Waals surface area contributed by atoms with Crippen molar-refractivity contribution in [2.24, 2.45) is 0 Å². The predicted molar refractivity (Wildman–Crippen MR) is 108 cm³/mol. The third kappa shape index (κ3) is 4.13. The Bertz CT molecular complexity index is 777. The summed E-state index contributed by atoms with van der Waals surface area (Å²) in [5.74, 6) is 1.98. The second kappa shape index (κ2) is 8.52. The van der Waals surface area contributed by atoms with Gasteiger partial charge in [0.05, 0.1) is 21.3 Å². The number of halogens is 1. The summed E-state index contributed by atoms with van der Waals surface area (Å²) in [6, 6.07) is 11.5. The normalized spacial score (nSPS) is 14.1. The summed E-state index contributed by atoms with van der Waals surface area (Å²) in [5, 5.41) is 0. The average molecular weight is 435 g/mol. The Hall–Kier alpha value is -2.41. The van der Waals surface area contributed by atoms with Gasteiger partial charge in [0.25, 0.3) is 5.91 Å². The van der Waals surface area contributed by atoms with E-state index in [0.717, 1.165) is 24.5 Å². The Balaban J connectivity index is 1.69. The van der Waals surface area contributed by atoms with Crippen LogP contribution in [0, 0.1) is 0 Å². The van der Waals surface area contributed by atoms with Crippen molar-refractivity contribution in [3.8, 4) is 17.2 Å². The van der Waals surface area contributed by atoms with Crippen LogP contribution in [0.3, 0.4) is 0 Å². The summed E-state index contributed by atoms with van der Waals surface area (Å²) in [7, 11) is 4.80. The van der Waals surface area contributed by atoms with Crippen molar-refractivity contribution in [3.63, 3.8) is 0 Å². The second-order valence-electron chi connectivity index (χ2n) is 6.17. The Morgan fingerprint density at radius 1 is 0.889 bits per heavy atom. The molecule has 144 valence electrons. The highest BCUT2D eigenvalue weighted by Gasteiger charge is 2.24. The molecule has 0 aromatic heterocycles. The predicted octanol–water partition coefficient (Wildman–Crippen LogP) is 3.44. The minimum absolute atomic E-state index is 0.0199. The molecule has 0 atom stereocenters. The number of methoxy groups -OCH3 is 3. The molecular weight excluding hydrogens is 412 g/mol. The van der Waals surface area contributed by atoms with Crippen molar-refractivity contribution in [1.29, 1.82) is 0 Å². The molecule has 1 heterocycles.